The van der Waals surface area contributed by atoms with Gasteiger partial charge in [0.1, 0.15) is 11.9 Å². The average molecular weight is 360 g/mol. The van der Waals surface area contributed by atoms with Crippen LogP contribution in [0.1, 0.15) is 40.5 Å². The molecule has 0 spiro atoms. The Balaban J connectivity index is 2.51. The lowest BCUT2D eigenvalue weighted by atomic mass is 9.84. The summed E-state index contributed by atoms with van der Waals surface area (Å²) in [6, 6.07) is 0. The van der Waals surface area contributed by atoms with Crippen LogP contribution in [0.4, 0.5) is 0 Å². The number of carbonyl (C=O) groups excluding carboxylic acids is 3. The average Bonchev–Trinajstić information content (AvgIpc) is 2.86. The standard InChI is InChI=1S/C20H24O6/c1-6-11(3)19(23)25-15-8-10(2)7-14(21)9-12(4)17(22)18-16(15)13(5)20(24)26-18/h6-7,15-16,18,22H,5,8-9H2,1-4H3/b10-7-,11-6+,17-12+. The lowest BCUT2D eigenvalue weighted by molar-refractivity contribution is -0.147. The van der Waals surface area contributed by atoms with Crippen LogP contribution in [0.15, 0.2) is 46.8 Å². The van der Waals surface area contributed by atoms with E-state index in [1.165, 1.54) is 6.08 Å². The van der Waals surface area contributed by atoms with Crippen LogP contribution in [0, 0.1) is 5.92 Å². The van der Waals surface area contributed by atoms with Crippen molar-refractivity contribution in [1.29, 1.82) is 0 Å². The van der Waals surface area contributed by atoms with Gasteiger partial charge in [0.2, 0.25) is 0 Å². The van der Waals surface area contributed by atoms with E-state index in [4.69, 9.17) is 9.47 Å². The Kier molecular flexibility index (Phi) is 5.85. The molecule has 2 rings (SSSR count). The molecular weight excluding hydrogens is 336 g/mol. The van der Waals surface area contributed by atoms with E-state index in [0.29, 0.717) is 16.7 Å². The van der Waals surface area contributed by atoms with Gasteiger partial charge in [-0.3, -0.25) is 4.79 Å². The van der Waals surface area contributed by atoms with Gasteiger partial charge < -0.3 is 14.6 Å². The molecule has 1 heterocycles. The summed E-state index contributed by atoms with van der Waals surface area (Å²) in [6.07, 6.45) is 1.55. The van der Waals surface area contributed by atoms with Crippen molar-refractivity contribution in [2.45, 2.75) is 52.7 Å². The first kappa shape index (κ1) is 19.7. The first-order valence-corrected chi connectivity index (χ1v) is 8.48. The lowest BCUT2D eigenvalue weighted by Gasteiger charge is -2.28. The minimum absolute atomic E-state index is 0.0263. The van der Waals surface area contributed by atoms with Gasteiger partial charge in [0, 0.05) is 24.0 Å². The quantitative estimate of drug-likeness (QED) is 0.601. The van der Waals surface area contributed by atoms with E-state index in [9.17, 15) is 19.5 Å². The smallest absolute Gasteiger partial charge is 0.334 e. The van der Waals surface area contributed by atoms with Gasteiger partial charge in [0.15, 0.2) is 11.9 Å². The molecule has 3 unspecified atom stereocenters. The number of ketones is 1. The second kappa shape index (κ2) is 7.72. The molecule has 0 aromatic carbocycles. The molecule has 1 fully saturated rings. The van der Waals surface area contributed by atoms with E-state index in [2.05, 4.69) is 6.58 Å². The summed E-state index contributed by atoms with van der Waals surface area (Å²) in [5.74, 6) is -2.26. The minimum atomic E-state index is -1.02. The van der Waals surface area contributed by atoms with E-state index in [-0.39, 0.29) is 30.0 Å². The number of fused-ring (bicyclic) bond motifs is 1. The molecule has 0 amide bonds. The van der Waals surface area contributed by atoms with Crippen LogP contribution in [-0.4, -0.2) is 35.0 Å². The fourth-order valence-electron chi connectivity index (χ4n) is 3.12. The highest BCUT2D eigenvalue weighted by molar-refractivity contribution is 5.93. The van der Waals surface area contributed by atoms with Crippen LogP contribution >= 0.6 is 0 Å². The van der Waals surface area contributed by atoms with Crippen molar-refractivity contribution in [1.82, 2.24) is 0 Å². The molecule has 26 heavy (non-hydrogen) atoms. The molecular formula is C20H24O6. The molecule has 0 aromatic heterocycles. The SMILES string of the molecule is C=C1C(=O)OC2/C(O)=C(/C)CC(=O)/C=C(/C)CC(OC(=O)/C(C)=C/C)C12. The van der Waals surface area contributed by atoms with Crippen LogP contribution in [0.2, 0.25) is 0 Å². The maximum Gasteiger partial charge on any atom is 0.334 e. The molecule has 1 N–H and O–H groups in total. The summed E-state index contributed by atoms with van der Waals surface area (Å²) in [6.45, 7) is 10.5. The topological polar surface area (TPSA) is 89.9 Å². The second-order valence-electron chi connectivity index (χ2n) is 6.80. The zero-order chi connectivity index (χ0) is 19.6. The van der Waals surface area contributed by atoms with Crippen molar-refractivity contribution in [3.63, 3.8) is 0 Å². The van der Waals surface area contributed by atoms with Gasteiger partial charge in [-0.25, -0.2) is 9.59 Å². The minimum Gasteiger partial charge on any atom is -0.508 e. The van der Waals surface area contributed by atoms with Crippen LogP contribution in [0.3, 0.4) is 0 Å². The highest BCUT2D eigenvalue weighted by Gasteiger charge is 2.47. The third kappa shape index (κ3) is 3.95. The number of hydrogen-bond donors (Lipinski definition) is 1. The van der Waals surface area contributed by atoms with Gasteiger partial charge >= 0.3 is 11.9 Å². The van der Waals surface area contributed by atoms with E-state index in [0.717, 1.165) is 0 Å². The summed E-state index contributed by atoms with van der Waals surface area (Å²) in [5.41, 5.74) is 1.69. The third-order valence-corrected chi connectivity index (χ3v) is 4.72. The van der Waals surface area contributed by atoms with Crippen molar-refractivity contribution in [3.8, 4) is 0 Å². The van der Waals surface area contributed by atoms with E-state index in [1.54, 1.807) is 33.8 Å². The maximum atomic E-state index is 12.3. The number of allylic oxidation sites excluding steroid dienone is 3. The summed E-state index contributed by atoms with van der Waals surface area (Å²) in [7, 11) is 0. The zero-order valence-corrected chi connectivity index (χ0v) is 15.5. The molecule has 6 heteroatoms. The largest absolute Gasteiger partial charge is 0.508 e. The summed E-state index contributed by atoms with van der Waals surface area (Å²) < 4.78 is 10.9. The van der Waals surface area contributed by atoms with E-state index >= 15 is 0 Å². The molecule has 1 aliphatic carbocycles. The van der Waals surface area contributed by atoms with E-state index < -0.39 is 30.1 Å². The highest BCUT2D eigenvalue weighted by atomic mass is 16.6. The van der Waals surface area contributed by atoms with Crippen LogP contribution in [-0.2, 0) is 23.9 Å². The monoisotopic (exact) mass is 360 g/mol. The lowest BCUT2D eigenvalue weighted by Crippen LogP contribution is -2.35. The second-order valence-corrected chi connectivity index (χ2v) is 6.80. The molecule has 0 saturated carbocycles. The Hall–Kier alpha value is -2.63. The number of ether oxygens (including phenoxy) is 2. The molecule has 0 radical (unpaired) electrons. The number of esters is 2. The Morgan fingerprint density at radius 1 is 1.38 bits per heavy atom. The van der Waals surface area contributed by atoms with Crippen molar-refractivity contribution >= 4 is 17.7 Å². The van der Waals surface area contributed by atoms with Crippen LogP contribution in [0.25, 0.3) is 0 Å². The number of hydrogen-bond acceptors (Lipinski definition) is 6. The molecule has 140 valence electrons. The molecule has 1 aliphatic heterocycles. The maximum absolute atomic E-state index is 12.3. The van der Waals surface area contributed by atoms with Crippen LogP contribution < -0.4 is 0 Å². The Bertz CT molecular complexity index is 750. The van der Waals surface area contributed by atoms with Gasteiger partial charge in [-0.1, -0.05) is 18.2 Å². The van der Waals surface area contributed by atoms with Gasteiger partial charge in [0.05, 0.1) is 5.92 Å². The van der Waals surface area contributed by atoms with Crippen LogP contribution in [0.5, 0.6) is 0 Å². The van der Waals surface area contributed by atoms with Crippen molar-refractivity contribution < 1.29 is 29.0 Å². The normalized spacial score (nSPS) is 32.5. The Morgan fingerprint density at radius 3 is 2.65 bits per heavy atom. The fraction of sp³-hybridized carbons (Fsp3) is 0.450. The first-order valence-electron chi connectivity index (χ1n) is 8.48. The highest BCUT2D eigenvalue weighted by Crippen LogP contribution is 2.38. The number of rotatable bonds is 2. The summed E-state index contributed by atoms with van der Waals surface area (Å²) in [4.78, 5) is 36.5. The van der Waals surface area contributed by atoms with Gasteiger partial charge in [-0.15, -0.1) is 0 Å². The molecule has 6 nitrogen and oxygen atoms in total. The molecule has 0 aromatic rings. The number of aliphatic hydroxyl groups excluding tert-OH is 1. The Labute approximate surface area is 152 Å². The Morgan fingerprint density at radius 2 is 2.04 bits per heavy atom. The van der Waals surface area contributed by atoms with Crippen molar-refractivity contribution in [2.75, 3.05) is 0 Å². The van der Waals surface area contributed by atoms with E-state index in [1.807, 2.05) is 0 Å². The molecule has 2 aliphatic rings. The first-order chi connectivity index (χ1) is 12.1. The predicted molar refractivity (Wildman–Crippen MR) is 95.1 cm³/mol. The third-order valence-electron chi connectivity index (χ3n) is 4.72. The molecule has 3 atom stereocenters. The summed E-state index contributed by atoms with van der Waals surface area (Å²) >= 11 is 0. The number of carbonyl (C=O) groups is 3. The predicted octanol–water partition coefficient (Wildman–Crippen LogP) is 3.10. The van der Waals surface area contributed by atoms with Crippen molar-refractivity contribution in [2.24, 2.45) is 5.92 Å². The van der Waals surface area contributed by atoms with Gasteiger partial charge in [-0.2, -0.15) is 0 Å². The molecule has 0 bridgehead atoms. The summed E-state index contributed by atoms with van der Waals surface area (Å²) in [5, 5.41) is 10.5. The fourth-order valence-corrected chi connectivity index (χ4v) is 3.12. The van der Waals surface area contributed by atoms with Gasteiger partial charge in [0.25, 0.3) is 0 Å². The zero-order valence-electron chi connectivity index (χ0n) is 15.5. The van der Waals surface area contributed by atoms with Gasteiger partial charge in [-0.05, 0) is 39.3 Å². The molecule has 1 saturated heterocycles. The number of aliphatic hydroxyl groups is 1. The van der Waals surface area contributed by atoms with Crippen molar-refractivity contribution in [3.05, 3.63) is 46.8 Å².